The summed E-state index contributed by atoms with van der Waals surface area (Å²) < 4.78 is 0. The maximum atomic E-state index is 5.88. The number of hydrogen-bond donors (Lipinski definition) is 1. The first-order valence-corrected chi connectivity index (χ1v) is 7.77. The average molecular weight is 307 g/mol. The van der Waals surface area contributed by atoms with Crippen molar-refractivity contribution in [2.24, 2.45) is 5.73 Å². The first-order valence-electron chi connectivity index (χ1n) is 7.36. The zero-order valence-corrected chi connectivity index (χ0v) is 14.0. The van der Waals surface area contributed by atoms with E-state index in [0.717, 1.165) is 56.2 Å². The summed E-state index contributed by atoms with van der Waals surface area (Å²) in [6.07, 6.45) is 1.84. The standard InChI is InChI=1S/C15H25N5S/c1-12-4-5-17-15(13(12)14(16)21)20-10-8-19(9-11-20)7-6-18(2)3/h4-5H,6-11H2,1-3H3,(H2,16,21). The minimum Gasteiger partial charge on any atom is -0.389 e. The monoisotopic (exact) mass is 307 g/mol. The van der Waals surface area contributed by atoms with Crippen LogP contribution in [0.5, 0.6) is 0 Å². The molecular weight excluding hydrogens is 282 g/mol. The first kappa shape index (κ1) is 16.1. The van der Waals surface area contributed by atoms with E-state index in [1.807, 2.05) is 19.2 Å². The van der Waals surface area contributed by atoms with Gasteiger partial charge in [0.15, 0.2) is 0 Å². The summed E-state index contributed by atoms with van der Waals surface area (Å²) in [5.74, 6) is 0.940. The molecule has 5 nitrogen and oxygen atoms in total. The van der Waals surface area contributed by atoms with Gasteiger partial charge in [0, 0.05) is 45.5 Å². The SMILES string of the molecule is Cc1ccnc(N2CCN(CCN(C)C)CC2)c1C(N)=S. The lowest BCUT2D eigenvalue weighted by atomic mass is 10.1. The molecule has 0 radical (unpaired) electrons. The molecule has 1 saturated heterocycles. The van der Waals surface area contributed by atoms with Crippen molar-refractivity contribution in [2.45, 2.75) is 6.92 Å². The fourth-order valence-electron chi connectivity index (χ4n) is 2.61. The molecule has 0 spiro atoms. The third-order valence-corrected chi connectivity index (χ3v) is 4.13. The second-order valence-electron chi connectivity index (χ2n) is 5.82. The molecule has 1 aromatic rings. The smallest absolute Gasteiger partial charge is 0.139 e. The summed E-state index contributed by atoms with van der Waals surface area (Å²) >= 11 is 5.20. The Morgan fingerprint density at radius 2 is 2.00 bits per heavy atom. The molecule has 0 amide bonds. The fraction of sp³-hybridized carbons (Fsp3) is 0.600. The predicted octanol–water partition coefficient (Wildman–Crippen LogP) is 0.708. The van der Waals surface area contributed by atoms with Gasteiger partial charge >= 0.3 is 0 Å². The van der Waals surface area contributed by atoms with E-state index in [9.17, 15) is 0 Å². The van der Waals surface area contributed by atoms with Crippen LogP contribution in [0.4, 0.5) is 5.82 Å². The Morgan fingerprint density at radius 3 is 2.57 bits per heavy atom. The lowest BCUT2D eigenvalue weighted by molar-refractivity contribution is 0.229. The largest absolute Gasteiger partial charge is 0.389 e. The zero-order chi connectivity index (χ0) is 15.4. The molecule has 6 heteroatoms. The van der Waals surface area contributed by atoms with Crippen LogP contribution in [0, 0.1) is 6.92 Å². The number of likely N-dealkylation sites (N-methyl/N-ethyl adjacent to an activating group) is 1. The molecule has 0 unspecified atom stereocenters. The molecule has 0 aromatic carbocycles. The van der Waals surface area contributed by atoms with Crippen LogP contribution in [-0.4, -0.2) is 73.1 Å². The molecule has 0 aliphatic carbocycles. The number of aryl methyl sites for hydroxylation is 1. The summed E-state index contributed by atoms with van der Waals surface area (Å²) in [5, 5.41) is 0. The molecule has 2 N–H and O–H groups in total. The molecule has 0 bridgehead atoms. The third kappa shape index (κ3) is 4.12. The molecule has 1 aromatic heterocycles. The quantitative estimate of drug-likeness (QED) is 0.809. The lowest BCUT2D eigenvalue weighted by Gasteiger charge is -2.36. The van der Waals surface area contributed by atoms with Gasteiger partial charge in [0.1, 0.15) is 10.8 Å². The van der Waals surface area contributed by atoms with Crippen molar-refractivity contribution < 1.29 is 0 Å². The molecule has 0 saturated carbocycles. The summed E-state index contributed by atoms with van der Waals surface area (Å²) in [6.45, 7) is 8.30. The normalized spacial score (nSPS) is 16.5. The summed E-state index contributed by atoms with van der Waals surface area (Å²) in [6, 6.07) is 1.96. The Bertz CT molecular complexity index is 495. The van der Waals surface area contributed by atoms with E-state index in [1.54, 1.807) is 0 Å². The van der Waals surface area contributed by atoms with E-state index in [1.165, 1.54) is 0 Å². The van der Waals surface area contributed by atoms with E-state index in [4.69, 9.17) is 18.0 Å². The molecule has 1 aliphatic rings. The second-order valence-corrected chi connectivity index (χ2v) is 6.26. The van der Waals surface area contributed by atoms with Crippen LogP contribution in [-0.2, 0) is 0 Å². The van der Waals surface area contributed by atoms with Gasteiger partial charge in [0.05, 0.1) is 5.56 Å². The Kier molecular flexibility index (Phi) is 5.50. The number of nitrogens with two attached hydrogens (primary N) is 1. The van der Waals surface area contributed by atoms with Gasteiger partial charge in [0.2, 0.25) is 0 Å². The average Bonchev–Trinajstić information content (AvgIpc) is 2.45. The molecule has 1 fully saturated rings. The van der Waals surface area contributed by atoms with Crippen LogP contribution < -0.4 is 10.6 Å². The van der Waals surface area contributed by atoms with Crippen molar-refractivity contribution in [1.82, 2.24) is 14.8 Å². The highest BCUT2D eigenvalue weighted by Gasteiger charge is 2.21. The highest BCUT2D eigenvalue weighted by atomic mass is 32.1. The zero-order valence-electron chi connectivity index (χ0n) is 13.2. The molecule has 2 rings (SSSR count). The van der Waals surface area contributed by atoms with Crippen LogP contribution in [0.15, 0.2) is 12.3 Å². The number of anilines is 1. The van der Waals surface area contributed by atoms with E-state index in [2.05, 4.69) is 33.8 Å². The fourth-order valence-corrected chi connectivity index (χ4v) is 2.87. The molecule has 116 valence electrons. The number of piperazine rings is 1. The predicted molar refractivity (Wildman–Crippen MR) is 92.1 cm³/mol. The number of rotatable bonds is 5. The van der Waals surface area contributed by atoms with Gasteiger partial charge in [-0.3, -0.25) is 4.90 Å². The van der Waals surface area contributed by atoms with Crippen LogP contribution >= 0.6 is 12.2 Å². The van der Waals surface area contributed by atoms with Gasteiger partial charge in [-0.1, -0.05) is 12.2 Å². The van der Waals surface area contributed by atoms with Crippen LogP contribution in [0.2, 0.25) is 0 Å². The molecule has 21 heavy (non-hydrogen) atoms. The Balaban J connectivity index is 2.03. The maximum Gasteiger partial charge on any atom is 0.139 e. The first-order chi connectivity index (χ1) is 9.99. The topological polar surface area (TPSA) is 48.6 Å². The van der Waals surface area contributed by atoms with Crippen molar-refractivity contribution in [3.63, 3.8) is 0 Å². The number of hydrogen-bond acceptors (Lipinski definition) is 5. The number of nitrogens with zero attached hydrogens (tertiary/aromatic N) is 4. The van der Waals surface area contributed by atoms with Gasteiger partial charge in [-0.15, -0.1) is 0 Å². The van der Waals surface area contributed by atoms with Gasteiger partial charge in [-0.25, -0.2) is 4.98 Å². The minimum atomic E-state index is 0.436. The van der Waals surface area contributed by atoms with Crippen molar-refractivity contribution >= 4 is 23.0 Å². The second kappa shape index (κ2) is 7.15. The van der Waals surface area contributed by atoms with E-state index < -0.39 is 0 Å². The summed E-state index contributed by atoms with van der Waals surface area (Å²) in [7, 11) is 4.22. The van der Waals surface area contributed by atoms with Gasteiger partial charge in [0.25, 0.3) is 0 Å². The van der Waals surface area contributed by atoms with Crippen LogP contribution in [0.1, 0.15) is 11.1 Å². The molecule has 0 atom stereocenters. The van der Waals surface area contributed by atoms with Crippen molar-refractivity contribution in [2.75, 3.05) is 58.3 Å². The maximum absolute atomic E-state index is 5.88. The van der Waals surface area contributed by atoms with Gasteiger partial charge in [-0.2, -0.15) is 0 Å². The van der Waals surface area contributed by atoms with Gasteiger partial charge < -0.3 is 15.5 Å². The van der Waals surface area contributed by atoms with Crippen LogP contribution in [0.3, 0.4) is 0 Å². The molecule has 2 heterocycles. The highest BCUT2D eigenvalue weighted by molar-refractivity contribution is 7.80. The Hall–Kier alpha value is -1.24. The Morgan fingerprint density at radius 1 is 1.33 bits per heavy atom. The van der Waals surface area contributed by atoms with Crippen molar-refractivity contribution in [3.05, 3.63) is 23.4 Å². The highest BCUT2D eigenvalue weighted by Crippen LogP contribution is 2.22. The number of thiocarbonyl (C=S) groups is 1. The van der Waals surface area contributed by atoms with Crippen molar-refractivity contribution in [1.29, 1.82) is 0 Å². The van der Waals surface area contributed by atoms with E-state index in [-0.39, 0.29) is 0 Å². The van der Waals surface area contributed by atoms with E-state index >= 15 is 0 Å². The summed E-state index contributed by atoms with van der Waals surface area (Å²) in [5.41, 5.74) is 7.90. The lowest BCUT2D eigenvalue weighted by Crippen LogP contribution is -2.48. The number of pyridine rings is 1. The van der Waals surface area contributed by atoms with Crippen LogP contribution in [0.25, 0.3) is 0 Å². The molecule has 1 aliphatic heterocycles. The Labute approximate surface area is 132 Å². The summed E-state index contributed by atoms with van der Waals surface area (Å²) in [4.78, 5) is 12.0. The van der Waals surface area contributed by atoms with Gasteiger partial charge in [-0.05, 0) is 32.6 Å². The van der Waals surface area contributed by atoms with Crippen molar-refractivity contribution in [3.8, 4) is 0 Å². The third-order valence-electron chi connectivity index (χ3n) is 3.92. The van der Waals surface area contributed by atoms with E-state index in [0.29, 0.717) is 4.99 Å². The minimum absolute atomic E-state index is 0.436. The number of aromatic nitrogens is 1. The molecular formula is C15H25N5S.